The molecule has 1 unspecified atom stereocenters. The molecule has 8 nitrogen and oxygen atoms in total. The van der Waals surface area contributed by atoms with E-state index in [0.717, 1.165) is 50.7 Å². The molecule has 2 heterocycles. The molecule has 1 fully saturated rings. The number of carbonyl (C=O) groups is 2. The highest BCUT2D eigenvalue weighted by Crippen LogP contribution is 2.19. The Balaban J connectivity index is 1.36. The van der Waals surface area contributed by atoms with Crippen LogP contribution >= 0.6 is 11.6 Å². The number of amides is 2. The summed E-state index contributed by atoms with van der Waals surface area (Å²) in [6.45, 7) is 6.68. The van der Waals surface area contributed by atoms with Crippen molar-refractivity contribution in [2.45, 2.75) is 25.8 Å². The van der Waals surface area contributed by atoms with E-state index in [0.29, 0.717) is 11.6 Å². The van der Waals surface area contributed by atoms with Crippen molar-refractivity contribution >= 4 is 29.4 Å². The Hall–Kier alpha value is -2.71. The van der Waals surface area contributed by atoms with Gasteiger partial charge < -0.3 is 15.5 Å². The summed E-state index contributed by atoms with van der Waals surface area (Å²) in [5.74, 6) is 0.524. The van der Waals surface area contributed by atoms with Crippen molar-refractivity contribution in [2.75, 3.05) is 44.2 Å². The zero-order valence-corrected chi connectivity index (χ0v) is 18.5. The van der Waals surface area contributed by atoms with Crippen molar-refractivity contribution < 1.29 is 9.59 Å². The zero-order valence-electron chi connectivity index (χ0n) is 17.8. The summed E-state index contributed by atoms with van der Waals surface area (Å²) in [7, 11) is 0. The lowest BCUT2D eigenvalue weighted by Gasteiger charge is -2.34. The van der Waals surface area contributed by atoms with Gasteiger partial charge in [-0.05, 0) is 36.7 Å². The van der Waals surface area contributed by atoms with Crippen molar-refractivity contribution in [2.24, 2.45) is 0 Å². The van der Waals surface area contributed by atoms with Gasteiger partial charge in [0.2, 0.25) is 17.8 Å². The minimum atomic E-state index is -0.372. The van der Waals surface area contributed by atoms with Crippen LogP contribution in [0.5, 0.6) is 0 Å². The number of carbonyl (C=O) groups excluding carboxylic acids is 2. The van der Waals surface area contributed by atoms with Crippen LogP contribution in [0.3, 0.4) is 0 Å². The topological polar surface area (TPSA) is 90.5 Å². The van der Waals surface area contributed by atoms with E-state index in [1.54, 1.807) is 24.5 Å². The van der Waals surface area contributed by atoms with E-state index in [-0.39, 0.29) is 24.3 Å². The summed E-state index contributed by atoms with van der Waals surface area (Å²) in [6, 6.07) is 8.62. The van der Waals surface area contributed by atoms with Crippen molar-refractivity contribution in [1.82, 2.24) is 25.5 Å². The Morgan fingerprint density at radius 3 is 2.42 bits per heavy atom. The second-order valence-corrected chi connectivity index (χ2v) is 8.03. The largest absolute Gasteiger partial charge is 0.356 e. The molecule has 1 aliphatic rings. The molecular weight excluding hydrogens is 416 g/mol. The minimum Gasteiger partial charge on any atom is -0.356 e. The Labute approximate surface area is 188 Å². The Morgan fingerprint density at radius 2 is 1.77 bits per heavy atom. The molecule has 0 saturated carbocycles. The Morgan fingerprint density at radius 1 is 1.10 bits per heavy atom. The molecular formula is C22H29ClN6O2. The van der Waals surface area contributed by atoms with E-state index in [4.69, 9.17) is 11.6 Å². The lowest BCUT2D eigenvalue weighted by molar-refractivity contribution is -0.122. The van der Waals surface area contributed by atoms with Crippen LogP contribution in [0.1, 0.15) is 31.4 Å². The van der Waals surface area contributed by atoms with Crippen LogP contribution in [0.25, 0.3) is 0 Å². The third kappa shape index (κ3) is 7.48. The smallest absolute Gasteiger partial charge is 0.225 e. The van der Waals surface area contributed by atoms with Crippen molar-refractivity contribution in [1.29, 1.82) is 0 Å². The minimum absolute atomic E-state index is 0.0836. The molecule has 1 aliphatic heterocycles. The summed E-state index contributed by atoms with van der Waals surface area (Å²) < 4.78 is 0. The molecule has 166 valence electrons. The predicted octanol–water partition coefficient (Wildman–Crippen LogP) is 2.03. The monoisotopic (exact) mass is 444 g/mol. The highest BCUT2D eigenvalue weighted by molar-refractivity contribution is 6.30. The molecule has 1 atom stereocenters. The SMILES string of the molecule is CC(=O)NC(CC(=O)NCCCN1CCN(c2ncccn2)CC1)c1ccc(Cl)cc1. The van der Waals surface area contributed by atoms with E-state index in [1.807, 2.05) is 18.2 Å². The molecule has 0 aliphatic carbocycles. The van der Waals surface area contributed by atoms with Gasteiger partial charge in [-0.1, -0.05) is 23.7 Å². The maximum absolute atomic E-state index is 12.4. The van der Waals surface area contributed by atoms with Crippen molar-refractivity contribution in [3.63, 3.8) is 0 Å². The molecule has 0 bridgehead atoms. The van der Waals surface area contributed by atoms with Gasteiger partial charge in [0, 0.05) is 57.1 Å². The van der Waals surface area contributed by atoms with Crippen LogP contribution in [-0.4, -0.2) is 66.0 Å². The first-order chi connectivity index (χ1) is 15.0. The number of aromatic nitrogens is 2. The molecule has 31 heavy (non-hydrogen) atoms. The van der Waals surface area contributed by atoms with E-state index in [2.05, 4.69) is 30.4 Å². The van der Waals surface area contributed by atoms with E-state index >= 15 is 0 Å². The quantitative estimate of drug-likeness (QED) is 0.575. The molecule has 3 rings (SSSR count). The van der Waals surface area contributed by atoms with E-state index in [9.17, 15) is 9.59 Å². The van der Waals surface area contributed by atoms with Gasteiger partial charge >= 0.3 is 0 Å². The van der Waals surface area contributed by atoms with Gasteiger partial charge in [0.15, 0.2) is 0 Å². The molecule has 2 amide bonds. The third-order valence-electron chi connectivity index (χ3n) is 5.22. The first-order valence-corrected chi connectivity index (χ1v) is 10.9. The number of hydrogen-bond donors (Lipinski definition) is 2. The number of nitrogens with zero attached hydrogens (tertiary/aromatic N) is 4. The summed E-state index contributed by atoms with van der Waals surface area (Å²) in [6.07, 6.45) is 4.60. The first kappa shape index (κ1) is 23.0. The average molecular weight is 445 g/mol. The predicted molar refractivity (Wildman–Crippen MR) is 121 cm³/mol. The molecule has 2 N–H and O–H groups in total. The number of hydrogen-bond acceptors (Lipinski definition) is 6. The first-order valence-electron chi connectivity index (χ1n) is 10.5. The summed E-state index contributed by atoms with van der Waals surface area (Å²) in [5.41, 5.74) is 0.856. The number of halogens is 1. The molecule has 0 spiro atoms. The van der Waals surface area contributed by atoms with Crippen molar-refractivity contribution in [3.05, 3.63) is 53.3 Å². The van der Waals surface area contributed by atoms with Gasteiger partial charge in [-0.25, -0.2) is 9.97 Å². The fourth-order valence-corrected chi connectivity index (χ4v) is 3.73. The van der Waals surface area contributed by atoms with Crippen LogP contribution in [0, 0.1) is 0 Å². The summed E-state index contributed by atoms with van der Waals surface area (Å²) in [4.78, 5) is 37.1. The molecule has 1 saturated heterocycles. The average Bonchev–Trinajstić information content (AvgIpc) is 2.77. The van der Waals surface area contributed by atoms with Crippen molar-refractivity contribution in [3.8, 4) is 0 Å². The molecule has 2 aromatic rings. The number of nitrogens with one attached hydrogen (secondary N) is 2. The van der Waals surface area contributed by atoms with Gasteiger partial charge in [-0.15, -0.1) is 0 Å². The van der Waals surface area contributed by atoms with Gasteiger partial charge in [0.25, 0.3) is 0 Å². The highest BCUT2D eigenvalue weighted by atomic mass is 35.5. The fourth-order valence-electron chi connectivity index (χ4n) is 3.61. The van der Waals surface area contributed by atoms with Crippen LogP contribution in [0.4, 0.5) is 5.95 Å². The Kier molecular flexibility index (Phi) is 8.61. The van der Waals surface area contributed by atoms with Crippen LogP contribution in [0.15, 0.2) is 42.7 Å². The number of piperazine rings is 1. The number of anilines is 1. The maximum atomic E-state index is 12.4. The standard InChI is InChI=1S/C22H29ClN6O2/c1-17(30)27-20(18-4-6-19(23)7-5-18)16-21(31)24-10-3-11-28-12-14-29(15-13-28)22-25-8-2-9-26-22/h2,4-9,20H,3,10-16H2,1H3,(H,24,31)(H,27,30). The number of benzene rings is 1. The van der Waals surface area contributed by atoms with Gasteiger partial charge in [-0.3, -0.25) is 14.5 Å². The van der Waals surface area contributed by atoms with E-state index in [1.165, 1.54) is 6.92 Å². The highest BCUT2D eigenvalue weighted by Gasteiger charge is 2.19. The fraction of sp³-hybridized carbons (Fsp3) is 0.455. The lowest BCUT2D eigenvalue weighted by Crippen LogP contribution is -2.47. The second-order valence-electron chi connectivity index (χ2n) is 7.59. The molecule has 1 aromatic heterocycles. The van der Waals surface area contributed by atoms with E-state index < -0.39 is 0 Å². The molecule has 1 aromatic carbocycles. The Bertz CT molecular complexity index is 841. The zero-order chi connectivity index (χ0) is 22.1. The second kappa shape index (κ2) is 11.6. The normalized spacial score (nSPS) is 15.4. The molecule has 9 heteroatoms. The maximum Gasteiger partial charge on any atom is 0.225 e. The summed E-state index contributed by atoms with van der Waals surface area (Å²) in [5, 5.41) is 6.43. The van der Waals surface area contributed by atoms with Crippen LogP contribution < -0.4 is 15.5 Å². The number of rotatable bonds is 9. The van der Waals surface area contributed by atoms with Crippen LogP contribution in [-0.2, 0) is 9.59 Å². The molecule has 0 radical (unpaired) electrons. The van der Waals surface area contributed by atoms with Gasteiger partial charge in [0.1, 0.15) is 0 Å². The van der Waals surface area contributed by atoms with Gasteiger partial charge in [-0.2, -0.15) is 0 Å². The summed E-state index contributed by atoms with van der Waals surface area (Å²) >= 11 is 5.94. The van der Waals surface area contributed by atoms with Gasteiger partial charge in [0.05, 0.1) is 12.5 Å². The lowest BCUT2D eigenvalue weighted by atomic mass is 10.0. The van der Waals surface area contributed by atoms with Crippen LogP contribution in [0.2, 0.25) is 5.02 Å². The third-order valence-corrected chi connectivity index (χ3v) is 5.47.